The predicted octanol–water partition coefficient (Wildman–Crippen LogP) is 1.35. The summed E-state index contributed by atoms with van der Waals surface area (Å²) < 4.78 is 2.09. The Balaban J connectivity index is 3.77. The average molecular weight is 186 g/mol. The lowest BCUT2D eigenvalue weighted by Crippen LogP contribution is -2.39. The summed E-state index contributed by atoms with van der Waals surface area (Å²) in [7, 11) is 11.2. The van der Waals surface area contributed by atoms with Crippen molar-refractivity contribution >= 4 is 0 Å². The molecule has 0 atom stereocenters. The third-order valence-corrected chi connectivity index (χ3v) is 2.28. The lowest BCUT2D eigenvalue weighted by atomic mass is 10.4. The highest BCUT2D eigenvalue weighted by atomic mass is 15.3. The molecule has 0 rings (SSSR count). The van der Waals surface area contributed by atoms with Gasteiger partial charge < -0.3 is 8.97 Å². The molecule has 0 radical (unpaired) electrons. The molecule has 0 saturated heterocycles. The molecular formula is C11H26N2+2. The van der Waals surface area contributed by atoms with Crippen LogP contribution in [-0.2, 0) is 0 Å². The average Bonchev–Trinajstić information content (AvgIpc) is 1.97. The molecular weight excluding hydrogens is 160 g/mol. The summed E-state index contributed by atoms with van der Waals surface area (Å²) in [6.07, 6.45) is 4.59. The topological polar surface area (TPSA) is 0 Å². The van der Waals surface area contributed by atoms with E-state index in [9.17, 15) is 0 Å². The summed E-state index contributed by atoms with van der Waals surface area (Å²) in [4.78, 5) is 0. The first-order valence-corrected chi connectivity index (χ1v) is 5.04. The summed E-state index contributed by atoms with van der Waals surface area (Å²) in [5.74, 6) is 0. The van der Waals surface area contributed by atoms with Crippen molar-refractivity contribution in [2.24, 2.45) is 0 Å². The molecule has 0 bridgehead atoms. The molecule has 0 N–H and O–H groups in total. The molecule has 0 fully saturated rings. The van der Waals surface area contributed by atoms with Gasteiger partial charge in [-0.3, -0.25) is 0 Å². The molecule has 2 nitrogen and oxygen atoms in total. The van der Waals surface area contributed by atoms with Crippen LogP contribution in [0.5, 0.6) is 0 Å². The zero-order valence-electron chi connectivity index (χ0n) is 10.2. The Morgan fingerprint density at radius 3 is 1.69 bits per heavy atom. The van der Waals surface area contributed by atoms with Gasteiger partial charge in [-0.05, 0) is 19.1 Å². The van der Waals surface area contributed by atoms with Gasteiger partial charge in [0.1, 0.15) is 0 Å². The standard InChI is InChI=1S/C11H26N2/c1-7-13(5,6)11-9-8-10-12(2,3)4/h8-9H,7,10-11H2,1-6H3/q+2/b9-8+. The molecule has 0 aliphatic heterocycles. The molecule has 0 spiro atoms. The number of quaternary nitrogens is 2. The second-order valence-electron chi connectivity index (χ2n) is 5.38. The predicted molar refractivity (Wildman–Crippen MR) is 59.6 cm³/mol. The molecule has 0 aromatic heterocycles. The lowest BCUT2D eigenvalue weighted by Gasteiger charge is -2.27. The Bertz CT molecular complexity index is 163. The van der Waals surface area contributed by atoms with Gasteiger partial charge in [-0.25, -0.2) is 0 Å². The van der Waals surface area contributed by atoms with Crippen LogP contribution in [0, 0.1) is 0 Å². The van der Waals surface area contributed by atoms with Crippen LogP contribution in [0.2, 0.25) is 0 Å². The second-order valence-corrected chi connectivity index (χ2v) is 5.38. The van der Waals surface area contributed by atoms with E-state index in [1.54, 1.807) is 0 Å². The lowest BCUT2D eigenvalue weighted by molar-refractivity contribution is -0.882. The van der Waals surface area contributed by atoms with Gasteiger partial charge in [0.15, 0.2) is 0 Å². The monoisotopic (exact) mass is 186 g/mol. The van der Waals surface area contributed by atoms with Crippen molar-refractivity contribution in [2.45, 2.75) is 6.92 Å². The van der Waals surface area contributed by atoms with Crippen LogP contribution in [0.1, 0.15) is 6.92 Å². The SMILES string of the molecule is CC[N+](C)(C)C/C=C/C[N+](C)(C)C. The zero-order valence-corrected chi connectivity index (χ0v) is 10.2. The van der Waals surface area contributed by atoms with Crippen LogP contribution in [0.4, 0.5) is 0 Å². The fourth-order valence-corrected chi connectivity index (χ4v) is 0.880. The van der Waals surface area contributed by atoms with E-state index in [2.05, 4.69) is 54.3 Å². The van der Waals surface area contributed by atoms with E-state index in [0.717, 1.165) is 22.1 Å². The minimum absolute atomic E-state index is 1.01. The molecule has 2 heteroatoms. The van der Waals surface area contributed by atoms with E-state index in [4.69, 9.17) is 0 Å². The summed E-state index contributed by atoms with van der Waals surface area (Å²) >= 11 is 0. The van der Waals surface area contributed by atoms with Gasteiger partial charge in [0.05, 0.1) is 54.9 Å². The highest BCUT2D eigenvalue weighted by Gasteiger charge is 2.08. The minimum Gasteiger partial charge on any atom is -0.328 e. The molecule has 13 heavy (non-hydrogen) atoms. The third kappa shape index (κ3) is 8.00. The molecule has 0 aliphatic carbocycles. The van der Waals surface area contributed by atoms with E-state index >= 15 is 0 Å². The maximum atomic E-state index is 2.30. The molecule has 0 aliphatic rings. The number of hydrogen-bond donors (Lipinski definition) is 0. The maximum Gasteiger partial charge on any atom is 0.0971 e. The Hall–Kier alpha value is -0.340. The fourth-order valence-electron chi connectivity index (χ4n) is 0.880. The van der Waals surface area contributed by atoms with Gasteiger partial charge in [0, 0.05) is 0 Å². The van der Waals surface area contributed by atoms with Gasteiger partial charge in [0.2, 0.25) is 0 Å². The molecule has 0 amide bonds. The van der Waals surface area contributed by atoms with E-state index in [1.165, 1.54) is 6.54 Å². The van der Waals surface area contributed by atoms with Crippen molar-refractivity contribution in [3.05, 3.63) is 12.2 Å². The van der Waals surface area contributed by atoms with Crippen molar-refractivity contribution in [3.63, 3.8) is 0 Å². The van der Waals surface area contributed by atoms with Crippen molar-refractivity contribution in [3.8, 4) is 0 Å². The van der Waals surface area contributed by atoms with Gasteiger partial charge in [0.25, 0.3) is 0 Å². The van der Waals surface area contributed by atoms with Crippen LogP contribution >= 0.6 is 0 Å². The third-order valence-electron chi connectivity index (χ3n) is 2.28. The highest BCUT2D eigenvalue weighted by Crippen LogP contribution is 1.96. The van der Waals surface area contributed by atoms with Crippen LogP contribution < -0.4 is 0 Å². The van der Waals surface area contributed by atoms with Crippen LogP contribution in [0.15, 0.2) is 12.2 Å². The number of likely N-dealkylation sites (N-methyl/N-ethyl adjacent to an activating group) is 2. The van der Waals surface area contributed by atoms with Crippen molar-refractivity contribution in [1.29, 1.82) is 0 Å². The number of rotatable bonds is 5. The first kappa shape index (κ1) is 12.7. The smallest absolute Gasteiger partial charge is 0.0971 e. The van der Waals surface area contributed by atoms with Crippen LogP contribution in [-0.4, -0.2) is 63.8 Å². The van der Waals surface area contributed by atoms with Crippen molar-refractivity contribution in [2.75, 3.05) is 54.9 Å². The summed E-state index contributed by atoms with van der Waals surface area (Å²) in [5.41, 5.74) is 0. The number of nitrogens with zero attached hydrogens (tertiary/aromatic N) is 2. The van der Waals surface area contributed by atoms with Crippen LogP contribution in [0.25, 0.3) is 0 Å². The Morgan fingerprint density at radius 1 is 0.846 bits per heavy atom. The van der Waals surface area contributed by atoms with Crippen molar-refractivity contribution < 1.29 is 8.97 Å². The molecule has 78 valence electrons. The van der Waals surface area contributed by atoms with Crippen molar-refractivity contribution in [1.82, 2.24) is 0 Å². The van der Waals surface area contributed by atoms with E-state index in [0.29, 0.717) is 0 Å². The van der Waals surface area contributed by atoms with E-state index in [1.807, 2.05) is 0 Å². The molecule has 0 aromatic carbocycles. The Morgan fingerprint density at radius 2 is 1.31 bits per heavy atom. The molecule has 0 saturated carbocycles. The van der Waals surface area contributed by atoms with Gasteiger partial charge in [-0.15, -0.1) is 0 Å². The summed E-state index contributed by atoms with van der Waals surface area (Å²) in [6.45, 7) is 5.67. The minimum atomic E-state index is 1.01. The quantitative estimate of drug-likeness (QED) is 0.449. The second kappa shape index (κ2) is 4.77. The Labute approximate surface area is 83.6 Å². The Kier molecular flexibility index (Phi) is 4.65. The normalized spacial score (nSPS) is 14.0. The maximum absolute atomic E-state index is 2.30. The molecule has 0 heterocycles. The summed E-state index contributed by atoms with van der Waals surface area (Å²) in [6, 6.07) is 0. The highest BCUT2D eigenvalue weighted by molar-refractivity contribution is 4.81. The van der Waals surface area contributed by atoms with E-state index < -0.39 is 0 Å². The zero-order chi connectivity index (χ0) is 10.5. The first-order chi connectivity index (χ1) is 5.77. The summed E-state index contributed by atoms with van der Waals surface area (Å²) in [5, 5.41) is 0. The largest absolute Gasteiger partial charge is 0.328 e. The van der Waals surface area contributed by atoms with Gasteiger partial charge in [-0.1, -0.05) is 0 Å². The molecule has 0 aromatic rings. The fraction of sp³-hybridized carbons (Fsp3) is 0.818. The first-order valence-electron chi connectivity index (χ1n) is 5.04. The van der Waals surface area contributed by atoms with Gasteiger partial charge >= 0.3 is 0 Å². The van der Waals surface area contributed by atoms with Crippen LogP contribution in [0.3, 0.4) is 0 Å². The van der Waals surface area contributed by atoms with Gasteiger partial charge in [-0.2, -0.15) is 0 Å². The molecule has 0 unspecified atom stereocenters. The number of hydrogen-bond acceptors (Lipinski definition) is 0. The van der Waals surface area contributed by atoms with E-state index in [-0.39, 0.29) is 0 Å².